The molecule has 0 aliphatic rings. The topological polar surface area (TPSA) is 175 Å². The molecule has 0 aromatic rings. The third-order valence-corrected chi connectivity index (χ3v) is 2.76. The summed E-state index contributed by atoms with van der Waals surface area (Å²) in [6.45, 7) is 0.0132. The second-order valence-corrected chi connectivity index (χ2v) is 4.84. The zero-order valence-corrected chi connectivity index (χ0v) is 13.8. The van der Waals surface area contributed by atoms with Crippen LogP contribution in [0.25, 0.3) is 20.9 Å². The Kier molecular flexibility index (Phi) is 13.9. The van der Waals surface area contributed by atoms with Crippen molar-refractivity contribution in [2.24, 2.45) is 10.2 Å². The van der Waals surface area contributed by atoms with Gasteiger partial charge in [0.1, 0.15) is 12.2 Å². The molecule has 4 atom stereocenters. The van der Waals surface area contributed by atoms with Gasteiger partial charge in [-0.1, -0.05) is 10.2 Å². The molecule has 0 saturated heterocycles. The van der Waals surface area contributed by atoms with E-state index in [9.17, 15) is 10.2 Å². The fraction of sp³-hybridized carbons (Fsp3) is 1.00. The maximum atomic E-state index is 9.49. The van der Waals surface area contributed by atoms with Crippen LogP contribution in [-0.4, -0.2) is 88.4 Å². The molecule has 0 aliphatic carbocycles. The molecule has 0 heterocycles. The van der Waals surface area contributed by atoms with Gasteiger partial charge >= 0.3 is 0 Å². The first-order chi connectivity index (χ1) is 11.6. The Morgan fingerprint density at radius 1 is 0.750 bits per heavy atom. The first-order valence-corrected chi connectivity index (χ1v) is 7.16. The Hall–Kier alpha value is -1.62. The van der Waals surface area contributed by atoms with Gasteiger partial charge in [0.15, 0.2) is 0 Å². The second kappa shape index (κ2) is 14.9. The van der Waals surface area contributed by atoms with Gasteiger partial charge in [0.25, 0.3) is 0 Å². The number of methoxy groups -OCH3 is 2. The van der Waals surface area contributed by atoms with Gasteiger partial charge in [-0.2, -0.15) is 0 Å². The molecule has 12 nitrogen and oxygen atoms in total. The lowest BCUT2D eigenvalue weighted by Gasteiger charge is -2.20. The average molecular weight is 348 g/mol. The minimum atomic E-state index is -0.819. The van der Waals surface area contributed by atoms with Crippen LogP contribution in [-0.2, 0) is 18.9 Å². The van der Waals surface area contributed by atoms with E-state index >= 15 is 0 Å². The number of rotatable bonds is 15. The molecule has 0 aliphatic heterocycles. The van der Waals surface area contributed by atoms with Crippen molar-refractivity contribution in [3.8, 4) is 0 Å². The molecular weight excluding hydrogens is 324 g/mol. The summed E-state index contributed by atoms with van der Waals surface area (Å²) in [5.74, 6) is 0. The number of hydrogen-bond donors (Lipinski definition) is 2. The average Bonchev–Trinajstić information content (AvgIpc) is 2.54. The molecule has 0 aromatic heterocycles. The summed E-state index contributed by atoms with van der Waals surface area (Å²) in [5, 5.41) is 26.0. The summed E-state index contributed by atoms with van der Waals surface area (Å²) in [4.78, 5) is 5.39. The quantitative estimate of drug-likeness (QED) is 0.246. The van der Waals surface area contributed by atoms with E-state index in [0.29, 0.717) is 0 Å². The molecule has 4 unspecified atom stereocenters. The molecule has 12 heteroatoms. The lowest BCUT2D eigenvalue weighted by molar-refractivity contribution is -0.0218. The van der Waals surface area contributed by atoms with Gasteiger partial charge in [-0.25, -0.2) is 0 Å². The molecule has 0 saturated carbocycles. The van der Waals surface area contributed by atoms with E-state index in [-0.39, 0.29) is 39.6 Å². The largest absolute Gasteiger partial charge is 0.388 e. The predicted molar refractivity (Wildman–Crippen MR) is 83.3 cm³/mol. The number of aliphatic hydroxyl groups excluding tert-OH is 2. The normalized spacial score (nSPS) is 15.7. The fourth-order valence-electron chi connectivity index (χ4n) is 1.71. The minimum Gasteiger partial charge on any atom is -0.388 e. The molecule has 24 heavy (non-hydrogen) atoms. The highest BCUT2D eigenvalue weighted by atomic mass is 16.5. The number of azide groups is 2. The number of nitrogens with zero attached hydrogens (tertiary/aromatic N) is 6. The number of aliphatic hydroxyl groups is 2. The predicted octanol–water partition coefficient (Wildman–Crippen LogP) is 0.392. The maximum absolute atomic E-state index is 9.49. The lowest BCUT2D eigenvalue weighted by atomic mass is 10.1. The molecule has 0 amide bonds. The Morgan fingerprint density at radius 3 is 1.42 bits per heavy atom. The van der Waals surface area contributed by atoms with Crippen LogP contribution < -0.4 is 0 Å². The highest BCUT2D eigenvalue weighted by Gasteiger charge is 2.21. The standard InChI is InChI=1S/C12H24N6O6/c1-21-3-9(19)5-23-7-11(15-17-13)12(16-18-14)8-24-6-10(20)4-22-2/h9-12,19-20H,3-8H2,1-2H3. The van der Waals surface area contributed by atoms with Gasteiger partial charge < -0.3 is 29.2 Å². The van der Waals surface area contributed by atoms with Crippen LogP contribution in [0.15, 0.2) is 10.2 Å². The van der Waals surface area contributed by atoms with Gasteiger partial charge in [-0.05, 0) is 11.1 Å². The molecule has 0 aromatic carbocycles. The number of ether oxygens (including phenoxy) is 4. The van der Waals surface area contributed by atoms with Gasteiger partial charge in [-0.15, -0.1) is 0 Å². The van der Waals surface area contributed by atoms with E-state index in [4.69, 9.17) is 30.0 Å². The fourth-order valence-corrected chi connectivity index (χ4v) is 1.71. The molecular formula is C12H24N6O6. The molecule has 0 rings (SSSR count). The van der Waals surface area contributed by atoms with Crippen molar-refractivity contribution in [1.29, 1.82) is 0 Å². The van der Waals surface area contributed by atoms with Crippen LogP contribution in [0, 0.1) is 0 Å². The molecule has 2 N–H and O–H groups in total. The Morgan fingerprint density at radius 2 is 1.12 bits per heavy atom. The summed E-state index contributed by atoms with van der Waals surface area (Å²) in [6, 6.07) is -1.64. The molecule has 0 bridgehead atoms. The van der Waals surface area contributed by atoms with E-state index in [1.807, 2.05) is 0 Å². The van der Waals surface area contributed by atoms with Crippen molar-refractivity contribution in [3.05, 3.63) is 20.9 Å². The van der Waals surface area contributed by atoms with Crippen LogP contribution in [0.4, 0.5) is 0 Å². The third kappa shape index (κ3) is 11.0. The van der Waals surface area contributed by atoms with Crippen LogP contribution in [0.1, 0.15) is 0 Å². The van der Waals surface area contributed by atoms with Gasteiger partial charge in [0.2, 0.25) is 0 Å². The third-order valence-electron chi connectivity index (χ3n) is 2.76. The molecule has 138 valence electrons. The summed E-state index contributed by atoms with van der Waals surface area (Å²) in [7, 11) is 2.89. The van der Waals surface area contributed by atoms with Gasteiger partial charge in [0, 0.05) is 24.0 Å². The van der Waals surface area contributed by atoms with Crippen molar-refractivity contribution in [1.82, 2.24) is 0 Å². The summed E-state index contributed by atoms with van der Waals surface area (Å²) in [6.07, 6.45) is -1.64. The Bertz CT molecular complexity index is 377. The van der Waals surface area contributed by atoms with Crippen molar-refractivity contribution in [3.63, 3.8) is 0 Å². The van der Waals surface area contributed by atoms with E-state index in [1.54, 1.807) is 0 Å². The van der Waals surface area contributed by atoms with Crippen molar-refractivity contribution in [2.45, 2.75) is 24.3 Å². The Labute approximate surface area is 139 Å². The van der Waals surface area contributed by atoms with E-state index in [2.05, 4.69) is 20.1 Å². The monoisotopic (exact) mass is 348 g/mol. The van der Waals surface area contributed by atoms with E-state index in [1.165, 1.54) is 14.2 Å². The lowest BCUT2D eigenvalue weighted by Crippen LogP contribution is -2.34. The Balaban J connectivity index is 4.50. The van der Waals surface area contributed by atoms with Crippen LogP contribution >= 0.6 is 0 Å². The smallest absolute Gasteiger partial charge is 0.101 e. The first kappa shape index (κ1) is 22.4. The molecule has 0 radical (unpaired) electrons. The molecule has 0 fully saturated rings. The minimum absolute atomic E-state index is 0.0261. The van der Waals surface area contributed by atoms with Crippen molar-refractivity contribution < 1.29 is 29.2 Å². The van der Waals surface area contributed by atoms with Crippen LogP contribution in [0.5, 0.6) is 0 Å². The van der Waals surface area contributed by atoms with Gasteiger partial charge in [-0.3, -0.25) is 0 Å². The summed E-state index contributed by atoms with van der Waals surface area (Å²) in [5.41, 5.74) is 17.3. The van der Waals surface area contributed by atoms with E-state index < -0.39 is 24.3 Å². The van der Waals surface area contributed by atoms with Crippen molar-refractivity contribution in [2.75, 3.05) is 53.9 Å². The van der Waals surface area contributed by atoms with Crippen LogP contribution in [0.2, 0.25) is 0 Å². The highest BCUT2D eigenvalue weighted by molar-refractivity contribution is 4.83. The SMILES string of the molecule is COCC(O)COCC(N=[N+]=[N-])C(COCC(O)COC)N=[N+]=[N-]. The zero-order chi connectivity index (χ0) is 18.2. The number of hydrogen-bond acceptors (Lipinski definition) is 8. The highest BCUT2D eigenvalue weighted by Crippen LogP contribution is 2.08. The van der Waals surface area contributed by atoms with Gasteiger partial charge in [0.05, 0.1) is 51.7 Å². The first-order valence-electron chi connectivity index (χ1n) is 7.16. The maximum Gasteiger partial charge on any atom is 0.101 e. The molecule has 0 spiro atoms. The second-order valence-electron chi connectivity index (χ2n) is 4.84. The van der Waals surface area contributed by atoms with Crippen LogP contribution in [0.3, 0.4) is 0 Å². The van der Waals surface area contributed by atoms with Crippen molar-refractivity contribution >= 4 is 0 Å². The summed E-state index contributed by atoms with van der Waals surface area (Å²) < 4.78 is 20.0. The van der Waals surface area contributed by atoms with E-state index in [0.717, 1.165) is 0 Å². The zero-order valence-electron chi connectivity index (χ0n) is 13.8. The summed E-state index contributed by atoms with van der Waals surface area (Å²) >= 11 is 0.